The Morgan fingerprint density at radius 1 is 0.900 bits per heavy atom. The summed E-state index contributed by atoms with van der Waals surface area (Å²) in [6.45, 7) is -0.159. The van der Waals surface area contributed by atoms with Crippen LogP contribution in [0.2, 0.25) is 0 Å². The molecule has 1 nitrogen and oxygen atoms in total. The predicted octanol–water partition coefficient (Wildman–Crippen LogP) is 4.62. The van der Waals surface area contributed by atoms with Crippen molar-refractivity contribution in [3.8, 4) is 0 Å². The van der Waals surface area contributed by atoms with E-state index in [1.54, 1.807) is 12.1 Å². The zero-order valence-corrected chi connectivity index (χ0v) is 11.5. The number of halogens is 1. The van der Waals surface area contributed by atoms with Gasteiger partial charge in [-0.15, -0.1) is 0 Å². The zero-order valence-electron chi connectivity index (χ0n) is 10.7. The molecule has 0 fully saturated rings. The van der Waals surface area contributed by atoms with Gasteiger partial charge in [0.05, 0.1) is 11.5 Å². The minimum atomic E-state index is -0.297. The molecule has 0 saturated carbocycles. The second kappa shape index (κ2) is 5.65. The summed E-state index contributed by atoms with van der Waals surface area (Å²) in [7, 11) is 0. The van der Waals surface area contributed by atoms with Crippen molar-refractivity contribution >= 4 is 22.5 Å². The van der Waals surface area contributed by atoms with Gasteiger partial charge >= 0.3 is 0 Å². The van der Waals surface area contributed by atoms with E-state index in [2.05, 4.69) is 0 Å². The molecule has 0 atom stereocenters. The van der Waals surface area contributed by atoms with Crippen LogP contribution in [0.1, 0.15) is 5.56 Å². The lowest BCUT2D eigenvalue weighted by Crippen LogP contribution is -1.91. The fourth-order valence-corrected chi connectivity index (χ4v) is 3.13. The maximum Gasteiger partial charge on any atom is 0.137 e. The highest BCUT2D eigenvalue weighted by atomic mass is 32.2. The van der Waals surface area contributed by atoms with Crippen LogP contribution in [0.5, 0.6) is 0 Å². The maximum atomic E-state index is 13.9. The van der Waals surface area contributed by atoms with Crippen molar-refractivity contribution in [3.05, 3.63) is 72.0 Å². The van der Waals surface area contributed by atoms with Crippen molar-refractivity contribution < 1.29 is 9.50 Å². The molecule has 3 heteroatoms. The van der Waals surface area contributed by atoms with E-state index >= 15 is 0 Å². The third-order valence-corrected chi connectivity index (χ3v) is 4.31. The van der Waals surface area contributed by atoms with E-state index in [9.17, 15) is 9.50 Å². The Hall–Kier alpha value is -1.84. The van der Waals surface area contributed by atoms with Crippen molar-refractivity contribution in [1.82, 2.24) is 0 Å². The van der Waals surface area contributed by atoms with Gasteiger partial charge in [-0.2, -0.15) is 0 Å². The van der Waals surface area contributed by atoms with Crippen LogP contribution in [-0.4, -0.2) is 5.11 Å². The van der Waals surface area contributed by atoms with Crippen LogP contribution in [-0.2, 0) is 6.61 Å². The summed E-state index contributed by atoms with van der Waals surface area (Å²) in [5.74, 6) is -0.297. The van der Waals surface area contributed by atoms with Crippen molar-refractivity contribution in [2.24, 2.45) is 0 Å². The number of fused-ring (bicyclic) bond motifs is 1. The summed E-state index contributed by atoms with van der Waals surface area (Å²) < 4.78 is 13.9. The lowest BCUT2D eigenvalue weighted by Gasteiger charge is -2.09. The minimum absolute atomic E-state index is 0.159. The Bertz CT molecular complexity index is 755. The summed E-state index contributed by atoms with van der Waals surface area (Å²) in [5.41, 5.74) is 0.614. The maximum absolute atomic E-state index is 13.9. The molecular formula is C17H13FOS. The van der Waals surface area contributed by atoms with Crippen LogP contribution < -0.4 is 0 Å². The molecule has 0 amide bonds. The van der Waals surface area contributed by atoms with Crippen LogP contribution in [0, 0.1) is 5.82 Å². The molecule has 0 heterocycles. The Kier molecular flexibility index (Phi) is 3.72. The Morgan fingerprint density at radius 3 is 2.50 bits per heavy atom. The highest BCUT2D eigenvalue weighted by Crippen LogP contribution is 2.34. The number of hydrogen-bond donors (Lipinski definition) is 1. The number of rotatable bonds is 3. The number of hydrogen-bond acceptors (Lipinski definition) is 2. The lowest BCUT2D eigenvalue weighted by atomic mass is 10.1. The molecule has 20 heavy (non-hydrogen) atoms. The first-order valence-electron chi connectivity index (χ1n) is 6.33. The molecule has 100 valence electrons. The molecule has 0 aromatic heterocycles. The molecule has 0 spiro atoms. The highest BCUT2D eigenvalue weighted by molar-refractivity contribution is 7.99. The molecule has 0 aliphatic carbocycles. The normalized spacial score (nSPS) is 10.9. The van der Waals surface area contributed by atoms with E-state index in [4.69, 9.17) is 0 Å². The second-order valence-corrected chi connectivity index (χ2v) is 5.58. The van der Waals surface area contributed by atoms with Gasteiger partial charge in [-0.1, -0.05) is 54.2 Å². The summed E-state index contributed by atoms with van der Waals surface area (Å²) in [5, 5.41) is 11.6. The molecule has 0 bridgehead atoms. The fourth-order valence-electron chi connectivity index (χ4n) is 2.14. The average Bonchev–Trinajstić information content (AvgIpc) is 2.49. The summed E-state index contributed by atoms with van der Waals surface area (Å²) >= 11 is 1.35. The summed E-state index contributed by atoms with van der Waals surface area (Å²) in [6, 6.07) is 18.9. The van der Waals surface area contributed by atoms with Gasteiger partial charge in [0.15, 0.2) is 0 Å². The van der Waals surface area contributed by atoms with Gasteiger partial charge in [0.1, 0.15) is 5.82 Å². The smallest absolute Gasteiger partial charge is 0.137 e. The van der Waals surface area contributed by atoms with E-state index in [0.717, 1.165) is 15.7 Å². The molecule has 0 aliphatic heterocycles. The first kappa shape index (κ1) is 13.2. The second-order valence-electron chi connectivity index (χ2n) is 4.50. The summed E-state index contributed by atoms with van der Waals surface area (Å²) in [6.07, 6.45) is 0. The van der Waals surface area contributed by atoms with Crippen molar-refractivity contribution in [1.29, 1.82) is 0 Å². The predicted molar refractivity (Wildman–Crippen MR) is 80.4 cm³/mol. The van der Waals surface area contributed by atoms with Gasteiger partial charge in [-0.3, -0.25) is 0 Å². The van der Waals surface area contributed by atoms with Crippen molar-refractivity contribution in [3.63, 3.8) is 0 Å². The molecule has 3 aromatic rings. The molecule has 3 aromatic carbocycles. The van der Waals surface area contributed by atoms with Gasteiger partial charge in [0.25, 0.3) is 0 Å². The Labute approximate surface area is 121 Å². The number of aliphatic hydroxyl groups excluding tert-OH is 1. The van der Waals surface area contributed by atoms with Crippen LogP contribution in [0.15, 0.2) is 70.5 Å². The van der Waals surface area contributed by atoms with E-state index in [1.807, 2.05) is 42.5 Å². The van der Waals surface area contributed by atoms with E-state index < -0.39 is 0 Å². The summed E-state index contributed by atoms with van der Waals surface area (Å²) in [4.78, 5) is 1.45. The topological polar surface area (TPSA) is 20.2 Å². The van der Waals surface area contributed by atoms with Crippen molar-refractivity contribution in [2.75, 3.05) is 0 Å². The van der Waals surface area contributed by atoms with E-state index in [0.29, 0.717) is 10.5 Å². The number of aliphatic hydroxyl groups is 1. The van der Waals surface area contributed by atoms with Gasteiger partial charge in [0.2, 0.25) is 0 Å². The molecule has 0 unspecified atom stereocenters. The largest absolute Gasteiger partial charge is 0.392 e. The van der Waals surface area contributed by atoms with Crippen LogP contribution >= 0.6 is 11.8 Å². The van der Waals surface area contributed by atoms with Crippen molar-refractivity contribution in [2.45, 2.75) is 16.4 Å². The van der Waals surface area contributed by atoms with Gasteiger partial charge in [-0.25, -0.2) is 4.39 Å². The fraction of sp³-hybridized carbons (Fsp3) is 0.0588. The first-order valence-corrected chi connectivity index (χ1v) is 7.14. The average molecular weight is 284 g/mol. The molecule has 1 N–H and O–H groups in total. The Morgan fingerprint density at radius 2 is 1.70 bits per heavy atom. The SMILES string of the molecule is OCc1cccc(F)c1Sc1ccc2ccccc2c1. The van der Waals surface area contributed by atoms with E-state index in [1.165, 1.54) is 17.8 Å². The Balaban J connectivity index is 2.01. The quantitative estimate of drug-likeness (QED) is 0.757. The molecule has 0 aliphatic rings. The molecular weight excluding hydrogens is 271 g/mol. The standard InChI is InChI=1S/C17H13FOS/c18-16-7-3-6-14(11-19)17(16)20-15-9-8-12-4-1-2-5-13(12)10-15/h1-10,19H,11H2. The van der Waals surface area contributed by atoms with Crippen LogP contribution in [0.4, 0.5) is 4.39 Å². The minimum Gasteiger partial charge on any atom is -0.392 e. The van der Waals surface area contributed by atoms with Crippen LogP contribution in [0.25, 0.3) is 10.8 Å². The monoisotopic (exact) mass is 284 g/mol. The van der Waals surface area contributed by atoms with Gasteiger partial charge in [0, 0.05) is 4.90 Å². The zero-order chi connectivity index (χ0) is 13.9. The van der Waals surface area contributed by atoms with Gasteiger partial charge < -0.3 is 5.11 Å². The molecule has 3 rings (SSSR count). The molecule has 0 radical (unpaired) electrons. The highest BCUT2D eigenvalue weighted by Gasteiger charge is 2.09. The third-order valence-electron chi connectivity index (χ3n) is 3.16. The van der Waals surface area contributed by atoms with Crippen LogP contribution in [0.3, 0.4) is 0 Å². The third kappa shape index (κ3) is 2.55. The van der Waals surface area contributed by atoms with Gasteiger partial charge in [-0.05, 0) is 34.5 Å². The number of benzene rings is 3. The first-order chi connectivity index (χ1) is 9.78. The van der Waals surface area contributed by atoms with E-state index in [-0.39, 0.29) is 12.4 Å². The molecule has 0 saturated heterocycles. The lowest BCUT2D eigenvalue weighted by molar-refractivity contribution is 0.277.